The molecular weight excluding hydrogens is 422 g/mol. The zero-order valence-electron chi connectivity index (χ0n) is 17.6. The monoisotopic (exact) mass is 443 g/mol. The molecule has 1 saturated carbocycles. The lowest BCUT2D eigenvalue weighted by atomic mass is 9.85. The first kappa shape index (κ1) is 19.5. The first-order chi connectivity index (χ1) is 15.5. The van der Waals surface area contributed by atoms with Gasteiger partial charge in [0.15, 0.2) is 0 Å². The van der Waals surface area contributed by atoms with E-state index in [1.54, 1.807) is 6.21 Å². The molecule has 6 rings (SSSR count). The molecule has 32 heavy (non-hydrogen) atoms. The van der Waals surface area contributed by atoms with Crippen molar-refractivity contribution < 1.29 is 9.59 Å². The number of fused-ring (bicyclic) bond motifs is 6. The van der Waals surface area contributed by atoms with Gasteiger partial charge in [-0.3, -0.25) is 9.59 Å². The first-order valence-electron chi connectivity index (χ1n) is 11.0. The van der Waals surface area contributed by atoms with Crippen molar-refractivity contribution in [2.75, 3.05) is 0 Å². The van der Waals surface area contributed by atoms with Crippen LogP contribution in [0, 0.1) is 30.6 Å². The van der Waals surface area contributed by atoms with E-state index < -0.39 is 0 Å². The highest BCUT2D eigenvalue weighted by Crippen LogP contribution is 2.52. The number of carbonyl (C=O) groups is 2. The van der Waals surface area contributed by atoms with Gasteiger partial charge in [-0.05, 0) is 42.9 Å². The molecule has 0 spiro atoms. The Balaban J connectivity index is 1.37. The molecule has 160 valence electrons. The third-order valence-electron chi connectivity index (χ3n) is 7.32. The third-order valence-corrected chi connectivity index (χ3v) is 7.68. The Hall–Kier alpha value is -3.18. The molecule has 2 heterocycles. The molecule has 4 atom stereocenters. The van der Waals surface area contributed by atoms with E-state index in [0.29, 0.717) is 6.54 Å². The number of carbonyl (C=O) groups excluding carboxylic acids is 2. The molecule has 0 N–H and O–H groups in total. The summed E-state index contributed by atoms with van der Waals surface area (Å²) < 4.78 is 2.20. The Morgan fingerprint density at radius 1 is 1.00 bits per heavy atom. The number of benzene rings is 2. The van der Waals surface area contributed by atoms with Crippen LogP contribution >= 0.6 is 11.6 Å². The summed E-state index contributed by atoms with van der Waals surface area (Å²) in [4.78, 5) is 26.0. The predicted molar refractivity (Wildman–Crippen MR) is 124 cm³/mol. The minimum atomic E-state index is -0.239. The maximum absolute atomic E-state index is 13.0. The van der Waals surface area contributed by atoms with Crippen molar-refractivity contribution in [3.05, 3.63) is 82.5 Å². The average molecular weight is 444 g/mol. The number of halogens is 1. The molecule has 3 aromatic rings. The number of hydrogen-bond acceptors (Lipinski definition) is 3. The molecule has 1 aliphatic heterocycles. The normalized spacial score (nSPS) is 26.2. The number of amides is 2. The smallest absolute Gasteiger partial charge is 0.254 e. The predicted octanol–water partition coefficient (Wildman–Crippen LogP) is 4.79. The molecule has 2 aromatic carbocycles. The van der Waals surface area contributed by atoms with E-state index in [1.165, 1.54) is 0 Å². The van der Waals surface area contributed by atoms with Crippen LogP contribution in [0.3, 0.4) is 0 Å². The molecule has 0 radical (unpaired) electrons. The summed E-state index contributed by atoms with van der Waals surface area (Å²) >= 11 is 6.41. The molecule has 1 aromatic heterocycles. The number of imide groups is 1. The van der Waals surface area contributed by atoms with Crippen molar-refractivity contribution in [3.8, 4) is 0 Å². The van der Waals surface area contributed by atoms with Crippen LogP contribution in [0.2, 0.25) is 5.02 Å². The number of hydrazone groups is 1. The molecule has 2 aliphatic carbocycles. The summed E-state index contributed by atoms with van der Waals surface area (Å²) in [6, 6.07) is 15.9. The fourth-order valence-corrected chi connectivity index (χ4v) is 5.93. The van der Waals surface area contributed by atoms with Crippen LogP contribution in [0.25, 0.3) is 10.9 Å². The quantitative estimate of drug-likeness (QED) is 0.330. The van der Waals surface area contributed by atoms with Crippen LogP contribution in [0.15, 0.2) is 65.8 Å². The van der Waals surface area contributed by atoms with Gasteiger partial charge in [0.25, 0.3) is 11.8 Å². The standard InChI is InChI=1S/C26H22ClN3O2/c1-15-20(13-28-30-25(31)23-16-10-11-17(12-16)24(23)26(30)32)19-7-3-5-9-22(19)29(15)14-18-6-2-4-8-21(18)27/h2-11,13,16-17,23-24H,12,14H2,1H3/b28-13-/t16-,17+,23-,24-/m0/s1. The number of para-hydroxylation sites is 1. The second kappa shape index (κ2) is 7.17. The van der Waals surface area contributed by atoms with Crippen LogP contribution in [0.5, 0.6) is 0 Å². The Kier molecular flexibility index (Phi) is 4.37. The van der Waals surface area contributed by atoms with Gasteiger partial charge in [-0.15, -0.1) is 0 Å². The topological polar surface area (TPSA) is 54.7 Å². The van der Waals surface area contributed by atoms with E-state index in [1.807, 2.05) is 49.4 Å². The van der Waals surface area contributed by atoms with Gasteiger partial charge in [-0.2, -0.15) is 10.1 Å². The van der Waals surface area contributed by atoms with E-state index in [0.717, 1.165) is 44.2 Å². The number of rotatable bonds is 4. The fourth-order valence-electron chi connectivity index (χ4n) is 5.74. The van der Waals surface area contributed by atoms with Crippen LogP contribution in [-0.2, 0) is 16.1 Å². The minimum Gasteiger partial charge on any atom is -0.340 e. The second-order valence-electron chi connectivity index (χ2n) is 8.93. The van der Waals surface area contributed by atoms with Crippen LogP contribution in [-0.4, -0.2) is 27.6 Å². The van der Waals surface area contributed by atoms with E-state index in [2.05, 4.69) is 27.9 Å². The molecule has 3 aliphatic rings. The lowest BCUT2D eigenvalue weighted by Gasteiger charge is -2.13. The van der Waals surface area contributed by atoms with Crippen molar-refractivity contribution in [2.45, 2.75) is 19.9 Å². The zero-order valence-corrected chi connectivity index (χ0v) is 18.4. The Bertz CT molecular complexity index is 1310. The summed E-state index contributed by atoms with van der Waals surface area (Å²) in [7, 11) is 0. The number of nitrogens with zero attached hydrogens (tertiary/aromatic N) is 3. The van der Waals surface area contributed by atoms with Crippen LogP contribution in [0.1, 0.15) is 23.2 Å². The molecule has 2 bridgehead atoms. The lowest BCUT2D eigenvalue weighted by molar-refractivity contribution is -0.140. The molecular formula is C26H22ClN3O2. The van der Waals surface area contributed by atoms with Gasteiger partial charge < -0.3 is 4.57 Å². The van der Waals surface area contributed by atoms with Gasteiger partial charge in [0.2, 0.25) is 0 Å². The number of aromatic nitrogens is 1. The summed E-state index contributed by atoms with van der Waals surface area (Å²) in [5.41, 5.74) is 4.01. The largest absolute Gasteiger partial charge is 0.340 e. The molecule has 6 heteroatoms. The van der Waals surface area contributed by atoms with Crippen LogP contribution in [0.4, 0.5) is 0 Å². The Morgan fingerprint density at radius 3 is 2.38 bits per heavy atom. The SMILES string of the molecule is Cc1c(/C=N\N2C(=O)[C@@H]3[C@@H](C2=O)[C@H]2C=C[C@@H]3C2)c2ccccc2n1Cc1ccccc1Cl. The van der Waals surface area contributed by atoms with E-state index in [-0.39, 0.29) is 35.5 Å². The van der Waals surface area contributed by atoms with Crippen molar-refractivity contribution in [1.29, 1.82) is 0 Å². The van der Waals surface area contributed by atoms with Crippen molar-refractivity contribution >= 4 is 40.5 Å². The zero-order chi connectivity index (χ0) is 22.0. The highest BCUT2D eigenvalue weighted by Gasteiger charge is 2.59. The van der Waals surface area contributed by atoms with Crippen LogP contribution < -0.4 is 0 Å². The van der Waals surface area contributed by atoms with E-state index in [9.17, 15) is 9.59 Å². The first-order valence-corrected chi connectivity index (χ1v) is 11.3. The molecule has 2 amide bonds. The maximum atomic E-state index is 13.0. The molecule has 2 fully saturated rings. The van der Waals surface area contributed by atoms with Crippen molar-refractivity contribution in [3.63, 3.8) is 0 Å². The average Bonchev–Trinajstić information content (AvgIpc) is 3.53. The highest BCUT2D eigenvalue weighted by molar-refractivity contribution is 6.31. The Labute approximate surface area is 191 Å². The van der Waals surface area contributed by atoms with Gasteiger partial charge in [0, 0.05) is 33.7 Å². The van der Waals surface area contributed by atoms with E-state index in [4.69, 9.17) is 11.6 Å². The highest BCUT2D eigenvalue weighted by atomic mass is 35.5. The molecule has 0 unspecified atom stereocenters. The summed E-state index contributed by atoms with van der Waals surface area (Å²) in [5.74, 6) is -0.437. The second-order valence-corrected chi connectivity index (χ2v) is 9.33. The van der Waals surface area contributed by atoms with Gasteiger partial charge in [0.05, 0.1) is 18.1 Å². The molecule has 1 saturated heterocycles. The van der Waals surface area contributed by atoms with Crippen molar-refractivity contribution in [1.82, 2.24) is 9.58 Å². The third kappa shape index (κ3) is 2.74. The van der Waals surface area contributed by atoms with Gasteiger partial charge in [-0.25, -0.2) is 0 Å². The summed E-state index contributed by atoms with van der Waals surface area (Å²) in [6.45, 7) is 2.66. The summed E-state index contributed by atoms with van der Waals surface area (Å²) in [5, 5.41) is 7.29. The maximum Gasteiger partial charge on any atom is 0.254 e. The van der Waals surface area contributed by atoms with Crippen molar-refractivity contribution in [2.24, 2.45) is 28.8 Å². The lowest BCUT2D eigenvalue weighted by Crippen LogP contribution is -2.28. The fraction of sp³-hybridized carbons (Fsp3) is 0.269. The minimum absolute atomic E-state index is 0.162. The number of hydrogen-bond donors (Lipinski definition) is 0. The molecule has 5 nitrogen and oxygen atoms in total. The Morgan fingerprint density at radius 2 is 1.66 bits per heavy atom. The van der Waals surface area contributed by atoms with E-state index >= 15 is 0 Å². The number of allylic oxidation sites excluding steroid dienone is 2. The van der Waals surface area contributed by atoms with Gasteiger partial charge in [0.1, 0.15) is 0 Å². The van der Waals surface area contributed by atoms with Gasteiger partial charge in [-0.1, -0.05) is 60.2 Å². The van der Waals surface area contributed by atoms with Gasteiger partial charge >= 0.3 is 0 Å². The summed E-state index contributed by atoms with van der Waals surface area (Å²) in [6.07, 6.45) is 6.78.